The number of aryl methyl sites for hydroxylation is 1. The maximum Gasteiger partial charge on any atom is 0.339 e. The summed E-state index contributed by atoms with van der Waals surface area (Å²) in [5, 5.41) is 0.774. The van der Waals surface area contributed by atoms with Gasteiger partial charge in [0.05, 0.1) is 42.1 Å². The molecule has 3 rings (SSSR count). The van der Waals surface area contributed by atoms with Crippen LogP contribution in [0, 0.1) is 6.92 Å². The standard InChI is InChI=1S/C18H15ClN2O4/c1-10-12(18(23)25-3)9-13-14(20-10)6-7-21(17(13)22)15-8-11(19)4-5-16(15)24-2/h4-9H,1-3H3. The average Bonchev–Trinajstić information content (AvgIpc) is 2.61. The van der Waals surface area contributed by atoms with Crippen molar-refractivity contribution in [3.8, 4) is 11.4 Å². The van der Waals surface area contributed by atoms with E-state index in [1.807, 2.05) is 0 Å². The number of rotatable bonds is 3. The molecule has 0 saturated carbocycles. The van der Waals surface area contributed by atoms with Crippen molar-refractivity contribution in [3.63, 3.8) is 0 Å². The molecule has 0 unspecified atom stereocenters. The number of esters is 1. The third-order valence-electron chi connectivity index (χ3n) is 3.88. The van der Waals surface area contributed by atoms with E-state index in [-0.39, 0.29) is 11.1 Å². The molecular formula is C18H15ClN2O4. The first kappa shape index (κ1) is 17.0. The molecule has 2 aromatic heterocycles. The van der Waals surface area contributed by atoms with Crippen LogP contribution in [-0.2, 0) is 4.74 Å². The Labute approximate surface area is 148 Å². The first-order valence-corrected chi connectivity index (χ1v) is 7.79. The van der Waals surface area contributed by atoms with Gasteiger partial charge in [0.1, 0.15) is 5.75 Å². The lowest BCUT2D eigenvalue weighted by molar-refractivity contribution is 0.0599. The molecule has 0 aliphatic heterocycles. The van der Waals surface area contributed by atoms with Gasteiger partial charge in [-0.2, -0.15) is 0 Å². The van der Waals surface area contributed by atoms with Gasteiger partial charge in [0.25, 0.3) is 5.56 Å². The number of hydrogen-bond donors (Lipinski definition) is 0. The van der Waals surface area contributed by atoms with E-state index < -0.39 is 5.97 Å². The summed E-state index contributed by atoms with van der Waals surface area (Å²) in [5.74, 6) is -0.0406. The summed E-state index contributed by atoms with van der Waals surface area (Å²) in [7, 11) is 2.80. The lowest BCUT2D eigenvalue weighted by Crippen LogP contribution is -2.19. The summed E-state index contributed by atoms with van der Waals surface area (Å²) in [6, 6.07) is 8.19. The number of aromatic nitrogens is 2. The highest BCUT2D eigenvalue weighted by Crippen LogP contribution is 2.26. The minimum Gasteiger partial charge on any atom is -0.495 e. The Bertz CT molecular complexity index is 1040. The fourth-order valence-corrected chi connectivity index (χ4v) is 2.79. The van der Waals surface area contributed by atoms with Crippen LogP contribution in [0.3, 0.4) is 0 Å². The monoisotopic (exact) mass is 358 g/mol. The maximum atomic E-state index is 13.0. The van der Waals surface area contributed by atoms with Crippen molar-refractivity contribution in [2.75, 3.05) is 14.2 Å². The Morgan fingerprint density at radius 1 is 1.20 bits per heavy atom. The Morgan fingerprint density at radius 3 is 2.64 bits per heavy atom. The van der Waals surface area contributed by atoms with Gasteiger partial charge >= 0.3 is 5.97 Å². The molecular weight excluding hydrogens is 344 g/mol. The number of methoxy groups -OCH3 is 2. The molecule has 25 heavy (non-hydrogen) atoms. The smallest absolute Gasteiger partial charge is 0.339 e. The molecule has 1 aromatic carbocycles. The van der Waals surface area contributed by atoms with Crippen molar-refractivity contribution in [2.45, 2.75) is 6.92 Å². The molecule has 0 bridgehead atoms. The average molecular weight is 359 g/mol. The summed E-state index contributed by atoms with van der Waals surface area (Å²) in [6.45, 7) is 1.69. The summed E-state index contributed by atoms with van der Waals surface area (Å²) in [4.78, 5) is 29.2. The maximum absolute atomic E-state index is 13.0. The molecule has 0 aliphatic carbocycles. The van der Waals surface area contributed by atoms with Crippen LogP contribution in [0.2, 0.25) is 5.02 Å². The number of benzene rings is 1. The number of halogens is 1. The molecule has 0 amide bonds. The third-order valence-corrected chi connectivity index (χ3v) is 4.11. The van der Waals surface area contributed by atoms with Crippen molar-refractivity contribution >= 4 is 28.5 Å². The molecule has 0 spiro atoms. The van der Waals surface area contributed by atoms with E-state index in [1.54, 1.807) is 37.4 Å². The molecule has 0 radical (unpaired) electrons. The van der Waals surface area contributed by atoms with Gasteiger partial charge in [-0.25, -0.2) is 4.79 Å². The van der Waals surface area contributed by atoms with Gasteiger partial charge in [-0.05, 0) is 37.3 Å². The van der Waals surface area contributed by atoms with Crippen molar-refractivity contribution in [1.82, 2.24) is 9.55 Å². The molecule has 0 saturated heterocycles. The summed E-state index contributed by atoms with van der Waals surface area (Å²) in [6.07, 6.45) is 1.60. The second kappa shape index (κ2) is 6.57. The normalized spacial score (nSPS) is 10.7. The Hall–Kier alpha value is -2.86. The molecule has 128 valence electrons. The van der Waals surface area contributed by atoms with Gasteiger partial charge in [-0.3, -0.25) is 14.3 Å². The number of hydrogen-bond acceptors (Lipinski definition) is 5. The number of ether oxygens (including phenoxy) is 2. The fraction of sp³-hybridized carbons (Fsp3) is 0.167. The summed E-state index contributed by atoms with van der Waals surface area (Å²) >= 11 is 6.06. The first-order chi connectivity index (χ1) is 12.0. The van der Waals surface area contributed by atoms with Crippen LogP contribution in [0.15, 0.2) is 41.3 Å². The van der Waals surface area contributed by atoms with Crippen molar-refractivity contribution in [1.29, 1.82) is 0 Å². The Kier molecular flexibility index (Phi) is 4.46. The molecule has 2 heterocycles. The van der Waals surface area contributed by atoms with Crippen LogP contribution in [0.1, 0.15) is 16.1 Å². The molecule has 0 aliphatic rings. The lowest BCUT2D eigenvalue weighted by atomic mass is 10.1. The van der Waals surface area contributed by atoms with Crippen LogP contribution in [0.5, 0.6) is 5.75 Å². The summed E-state index contributed by atoms with van der Waals surface area (Å²) in [5.41, 5.74) is 1.41. The highest BCUT2D eigenvalue weighted by Gasteiger charge is 2.16. The quantitative estimate of drug-likeness (QED) is 0.673. The number of pyridine rings is 2. The van der Waals surface area contributed by atoms with E-state index in [0.29, 0.717) is 33.1 Å². The first-order valence-electron chi connectivity index (χ1n) is 7.41. The van der Waals surface area contributed by atoms with Crippen molar-refractivity contribution in [3.05, 3.63) is 63.2 Å². The number of fused-ring (bicyclic) bond motifs is 1. The van der Waals surface area contributed by atoms with Gasteiger partial charge in [-0.1, -0.05) is 11.6 Å². The highest BCUT2D eigenvalue weighted by atomic mass is 35.5. The van der Waals surface area contributed by atoms with Gasteiger partial charge in [0, 0.05) is 11.2 Å². The molecule has 0 N–H and O–H groups in total. The van der Waals surface area contributed by atoms with Crippen LogP contribution in [-0.4, -0.2) is 29.7 Å². The predicted molar refractivity (Wildman–Crippen MR) is 95.0 cm³/mol. The van der Waals surface area contributed by atoms with E-state index in [4.69, 9.17) is 21.1 Å². The van der Waals surface area contributed by atoms with Crippen molar-refractivity contribution in [2.24, 2.45) is 0 Å². The Balaban J connectivity index is 2.31. The molecule has 0 fully saturated rings. The van der Waals surface area contributed by atoms with Crippen LogP contribution in [0.25, 0.3) is 16.6 Å². The van der Waals surface area contributed by atoms with Crippen molar-refractivity contribution < 1.29 is 14.3 Å². The van der Waals surface area contributed by atoms with Gasteiger partial charge < -0.3 is 9.47 Å². The van der Waals surface area contributed by atoms with Crippen LogP contribution < -0.4 is 10.3 Å². The number of nitrogens with zero attached hydrogens (tertiary/aromatic N) is 2. The van der Waals surface area contributed by atoms with Gasteiger partial charge in [0.15, 0.2) is 0 Å². The molecule has 3 aromatic rings. The highest BCUT2D eigenvalue weighted by molar-refractivity contribution is 6.30. The zero-order chi connectivity index (χ0) is 18.1. The predicted octanol–water partition coefficient (Wildman–Crippen LogP) is 3.14. The van der Waals surface area contributed by atoms with E-state index in [9.17, 15) is 9.59 Å². The topological polar surface area (TPSA) is 70.4 Å². The van der Waals surface area contributed by atoms with Gasteiger partial charge in [-0.15, -0.1) is 0 Å². The molecule has 6 nitrogen and oxygen atoms in total. The molecule has 7 heteroatoms. The van der Waals surface area contributed by atoms with Crippen LogP contribution in [0.4, 0.5) is 0 Å². The Morgan fingerprint density at radius 2 is 1.96 bits per heavy atom. The number of carbonyl (C=O) groups excluding carboxylic acids is 1. The number of carbonyl (C=O) groups is 1. The largest absolute Gasteiger partial charge is 0.495 e. The third kappa shape index (κ3) is 2.96. The molecule has 0 atom stereocenters. The zero-order valence-electron chi connectivity index (χ0n) is 13.9. The SMILES string of the molecule is COC(=O)c1cc2c(=O)n(-c3cc(Cl)ccc3OC)ccc2nc1C. The van der Waals surface area contributed by atoms with E-state index in [0.717, 1.165) is 0 Å². The van der Waals surface area contributed by atoms with Gasteiger partial charge in [0.2, 0.25) is 0 Å². The minimum atomic E-state index is -0.540. The van der Waals surface area contributed by atoms with E-state index in [1.165, 1.54) is 24.9 Å². The minimum absolute atomic E-state index is 0.253. The fourth-order valence-electron chi connectivity index (χ4n) is 2.62. The van der Waals surface area contributed by atoms with E-state index in [2.05, 4.69) is 4.98 Å². The second-order valence-corrected chi connectivity index (χ2v) is 5.79. The van der Waals surface area contributed by atoms with Crippen LogP contribution >= 0.6 is 11.6 Å². The summed E-state index contributed by atoms with van der Waals surface area (Å²) < 4.78 is 11.5. The second-order valence-electron chi connectivity index (χ2n) is 5.35. The zero-order valence-corrected chi connectivity index (χ0v) is 14.6. The van der Waals surface area contributed by atoms with E-state index >= 15 is 0 Å². The lowest BCUT2D eigenvalue weighted by Gasteiger charge is -2.13.